The smallest absolute Gasteiger partial charge is 0.171 e. The summed E-state index contributed by atoms with van der Waals surface area (Å²) in [7, 11) is 0. The average molecular weight is 222 g/mol. The summed E-state index contributed by atoms with van der Waals surface area (Å²) in [5.41, 5.74) is 0. The summed E-state index contributed by atoms with van der Waals surface area (Å²) >= 11 is 16.3. The van der Waals surface area contributed by atoms with Gasteiger partial charge in [-0.15, -0.1) is 34.8 Å². The number of ether oxygens (including phenoxy) is 2. The standard InChI is InChI=1S/C6H11Cl3O2/c7-1-3-10-6(5-9)11-4-2-8/h6H,1-5H2. The van der Waals surface area contributed by atoms with Crippen LogP contribution in [0.3, 0.4) is 0 Å². The summed E-state index contributed by atoms with van der Waals surface area (Å²) in [5, 5.41) is 0. The molecule has 0 atom stereocenters. The van der Waals surface area contributed by atoms with Crippen molar-refractivity contribution in [1.82, 2.24) is 0 Å². The molecule has 0 amide bonds. The molecule has 0 spiro atoms. The lowest BCUT2D eigenvalue weighted by Gasteiger charge is -2.13. The maximum atomic E-state index is 5.50. The second-order valence-corrected chi connectivity index (χ2v) is 2.77. The molecule has 0 radical (unpaired) electrons. The van der Waals surface area contributed by atoms with E-state index in [1.165, 1.54) is 0 Å². The second-order valence-electron chi connectivity index (χ2n) is 1.70. The maximum absolute atomic E-state index is 5.50. The van der Waals surface area contributed by atoms with Gasteiger partial charge >= 0.3 is 0 Å². The molecule has 11 heavy (non-hydrogen) atoms. The van der Waals surface area contributed by atoms with E-state index in [9.17, 15) is 0 Å². The van der Waals surface area contributed by atoms with E-state index in [0.717, 1.165) is 0 Å². The van der Waals surface area contributed by atoms with Crippen LogP contribution in [0, 0.1) is 0 Å². The van der Waals surface area contributed by atoms with E-state index in [0.29, 0.717) is 30.9 Å². The highest BCUT2D eigenvalue weighted by Crippen LogP contribution is 1.98. The Morgan fingerprint density at radius 1 is 0.909 bits per heavy atom. The van der Waals surface area contributed by atoms with Gasteiger partial charge in [0.2, 0.25) is 0 Å². The summed E-state index contributed by atoms with van der Waals surface area (Å²) < 4.78 is 10.2. The van der Waals surface area contributed by atoms with Crippen molar-refractivity contribution >= 4 is 34.8 Å². The van der Waals surface area contributed by atoms with Crippen LogP contribution in [0.5, 0.6) is 0 Å². The third kappa shape index (κ3) is 7.16. The Bertz CT molecular complexity index is 74.2. The lowest BCUT2D eigenvalue weighted by molar-refractivity contribution is -0.119. The van der Waals surface area contributed by atoms with E-state index < -0.39 is 0 Å². The minimum absolute atomic E-state index is 0.299. The Kier molecular flexibility index (Phi) is 9.52. The van der Waals surface area contributed by atoms with Gasteiger partial charge in [-0.25, -0.2) is 0 Å². The molecule has 0 aliphatic heterocycles. The number of hydrogen-bond acceptors (Lipinski definition) is 2. The number of hydrogen-bond donors (Lipinski definition) is 0. The van der Waals surface area contributed by atoms with E-state index in [1.807, 2.05) is 0 Å². The zero-order valence-electron chi connectivity index (χ0n) is 6.06. The quantitative estimate of drug-likeness (QED) is 0.484. The molecule has 0 aromatic rings. The molecule has 0 rings (SSSR count). The molecule has 0 heterocycles. The first-order valence-corrected chi connectivity index (χ1v) is 4.86. The summed E-state index contributed by atoms with van der Waals surface area (Å²) in [5.74, 6) is 1.18. The van der Waals surface area contributed by atoms with E-state index in [2.05, 4.69) is 0 Å². The molecule has 0 aliphatic carbocycles. The highest BCUT2D eigenvalue weighted by atomic mass is 35.5. The van der Waals surface area contributed by atoms with Gasteiger partial charge in [-0.2, -0.15) is 0 Å². The molecule has 0 aromatic heterocycles. The Hall–Kier alpha value is 0.790. The summed E-state index contributed by atoms with van der Waals surface area (Å²) in [6.07, 6.45) is -0.380. The van der Waals surface area contributed by atoms with Gasteiger partial charge in [0.05, 0.1) is 19.1 Å². The summed E-state index contributed by atoms with van der Waals surface area (Å²) in [6, 6.07) is 0. The van der Waals surface area contributed by atoms with Crippen molar-refractivity contribution in [2.24, 2.45) is 0 Å². The molecular weight excluding hydrogens is 210 g/mol. The van der Waals surface area contributed by atoms with Crippen LogP contribution in [-0.2, 0) is 9.47 Å². The van der Waals surface area contributed by atoms with Gasteiger partial charge in [-0.05, 0) is 0 Å². The fourth-order valence-corrected chi connectivity index (χ4v) is 0.846. The molecule has 0 fully saturated rings. The summed E-state index contributed by atoms with van der Waals surface area (Å²) in [6.45, 7) is 0.891. The average Bonchev–Trinajstić information content (AvgIpc) is 2.05. The van der Waals surface area contributed by atoms with Gasteiger partial charge in [0.15, 0.2) is 6.29 Å². The van der Waals surface area contributed by atoms with Gasteiger partial charge in [-0.3, -0.25) is 0 Å². The summed E-state index contributed by atoms with van der Waals surface area (Å²) in [4.78, 5) is 0. The Morgan fingerprint density at radius 2 is 1.36 bits per heavy atom. The van der Waals surface area contributed by atoms with Crippen LogP contribution in [0.1, 0.15) is 0 Å². The van der Waals surface area contributed by atoms with Crippen molar-refractivity contribution in [3.05, 3.63) is 0 Å². The second kappa shape index (κ2) is 8.88. The predicted octanol–water partition coefficient (Wildman–Crippen LogP) is 2.06. The number of alkyl halides is 3. The fraction of sp³-hybridized carbons (Fsp3) is 1.00. The van der Waals surface area contributed by atoms with Crippen molar-refractivity contribution in [2.75, 3.05) is 30.9 Å². The van der Waals surface area contributed by atoms with E-state index >= 15 is 0 Å². The monoisotopic (exact) mass is 220 g/mol. The third-order valence-electron chi connectivity index (χ3n) is 0.888. The largest absolute Gasteiger partial charge is 0.350 e. The first-order chi connectivity index (χ1) is 5.35. The highest BCUT2D eigenvalue weighted by molar-refractivity contribution is 6.18. The zero-order chi connectivity index (χ0) is 8.53. The first kappa shape index (κ1) is 11.8. The van der Waals surface area contributed by atoms with Crippen LogP contribution in [0.25, 0.3) is 0 Å². The molecular formula is C6H11Cl3O2. The molecule has 0 unspecified atom stereocenters. The van der Waals surface area contributed by atoms with Crippen molar-refractivity contribution in [2.45, 2.75) is 6.29 Å². The lowest BCUT2D eigenvalue weighted by atomic mass is 10.7. The highest BCUT2D eigenvalue weighted by Gasteiger charge is 2.05. The van der Waals surface area contributed by atoms with Crippen molar-refractivity contribution in [1.29, 1.82) is 0 Å². The Labute approximate surface area is 81.7 Å². The van der Waals surface area contributed by atoms with Crippen LogP contribution in [0.2, 0.25) is 0 Å². The van der Waals surface area contributed by atoms with E-state index in [4.69, 9.17) is 44.3 Å². The lowest BCUT2D eigenvalue weighted by Crippen LogP contribution is -2.21. The Morgan fingerprint density at radius 3 is 1.64 bits per heavy atom. The predicted molar refractivity (Wildman–Crippen MR) is 47.9 cm³/mol. The van der Waals surface area contributed by atoms with Gasteiger partial charge in [0.25, 0.3) is 0 Å². The molecule has 0 aromatic carbocycles. The molecule has 68 valence electrons. The third-order valence-corrected chi connectivity index (χ3v) is 1.45. The van der Waals surface area contributed by atoms with E-state index in [-0.39, 0.29) is 6.29 Å². The SMILES string of the molecule is ClCCOC(CCl)OCCCl. The molecule has 2 nitrogen and oxygen atoms in total. The van der Waals surface area contributed by atoms with Crippen LogP contribution >= 0.6 is 34.8 Å². The zero-order valence-corrected chi connectivity index (χ0v) is 8.33. The first-order valence-electron chi connectivity index (χ1n) is 3.26. The van der Waals surface area contributed by atoms with Gasteiger partial charge in [0, 0.05) is 11.8 Å². The van der Waals surface area contributed by atoms with Crippen LogP contribution < -0.4 is 0 Å². The van der Waals surface area contributed by atoms with Gasteiger partial charge < -0.3 is 9.47 Å². The van der Waals surface area contributed by atoms with Gasteiger partial charge in [-0.1, -0.05) is 0 Å². The molecule has 0 aliphatic rings. The fourth-order valence-electron chi connectivity index (χ4n) is 0.489. The van der Waals surface area contributed by atoms with Crippen LogP contribution in [0.4, 0.5) is 0 Å². The Balaban J connectivity index is 3.25. The number of rotatable bonds is 7. The topological polar surface area (TPSA) is 18.5 Å². The van der Waals surface area contributed by atoms with Crippen LogP contribution in [0.15, 0.2) is 0 Å². The molecule has 5 heteroatoms. The molecule has 0 saturated heterocycles. The van der Waals surface area contributed by atoms with Crippen molar-refractivity contribution in [3.8, 4) is 0 Å². The molecule has 0 saturated carbocycles. The molecule has 0 bridgehead atoms. The van der Waals surface area contributed by atoms with Crippen molar-refractivity contribution < 1.29 is 9.47 Å². The maximum Gasteiger partial charge on any atom is 0.171 e. The van der Waals surface area contributed by atoms with Crippen molar-refractivity contribution in [3.63, 3.8) is 0 Å². The normalized spacial score (nSPS) is 10.9. The minimum Gasteiger partial charge on any atom is -0.350 e. The van der Waals surface area contributed by atoms with E-state index in [1.54, 1.807) is 0 Å². The number of halogens is 3. The van der Waals surface area contributed by atoms with Crippen LogP contribution in [-0.4, -0.2) is 37.1 Å². The van der Waals surface area contributed by atoms with Gasteiger partial charge in [0.1, 0.15) is 0 Å². The minimum atomic E-state index is -0.380. The molecule has 0 N–H and O–H groups in total.